The Labute approximate surface area is 157 Å². The van der Waals surface area contributed by atoms with E-state index in [0.717, 1.165) is 5.56 Å². The van der Waals surface area contributed by atoms with Crippen molar-refractivity contribution in [2.75, 3.05) is 19.8 Å². The third-order valence-corrected chi connectivity index (χ3v) is 4.30. The number of hydrogen-bond acceptors (Lipinski definition) is 5. The van der Waals surface area contributed by atoms with Gasteiger partial charge in [0.05, 0.1) is 25.2 Å². The van der Waals surface area contributed by atoms with Crippen molar-refractivity contribution in [3.8, 4) is 5.75 Å². The summed E-state index contributed by atoms with van der Waals surface area (Å²) in [4.78, 5) is 37.6. The van der Waals surface area contributed by atoms with Crippen LogP contribution in [0.1, 0.15) is 39.6 Å². The minimum atomic E-state index is -0.369. The van der Waals surface area contributed by atoms with Crippen LogP contribution in [0.15, 0.2) is 48.5 Å². The van der Waals surface area contributed by atoms with Crippen LogP contribution in [0.3, 0.4) is 0 Å². The van der Waals surface area contributed by atoms with Crippen LogP contribution in [0.25, 0.3) is 0 Å². The van der Waals surface area contributed by atoms with Crippen molar-refractivity contribution in [2.24, 2.45) is 0 Å². The zero-order chi connectivity index (χ0) is 19.2. The minimum absolute atomic E-state index is 0.183. The normalized spacial score (nSPS) is 13.3. The standard InChI is InChI=1S/C21H21NO5/c1-2-26-21(25)15-8-10-17(11-9-15)27-13-5-12-22-19(23)14-16-6-3-4-7-18(16)20(22)24/h3-4,6-11H,2,5,12-14H2,1H3. The van der Waals surface area contributed by atoms with Crippen molar-refractivity contribution in [1.82, 2.24) is 4.90 Å². The average Bonchev–Trinajstić information content (AvgIpc) is 2.68. The van der Waals surface area contributed by atoms with Crippen molar-refractivity contribution in [1.29, 1.82) is 0 Å². The van der Waals surface area contributed by atoms with Gasteiger partial charge in [0, 0.05) is 12.1 Å². The lowest BCUT2D eigenvalue weighted by molar-refractivity contribution is -0.128. The lowest BCUT2D eigenvalue weighted by Gasteiger charge is -2.26. The number of nitrogens with zero attached hydrogens (tertiary/aromatic N) is 1. The van der Waals surface area contributed by atoms with E-state index < -0.39 is 0 Å². The van der Waals surface area contributed by atoms with Crippen LogP contribution in [0.2, 0.25) is 0 Å². The van der Waals surface area contributed by atoms with Crippen LogP contribution >= 0.6 is 0 Å². The SMILES string of the molecule is CCOC(=O)c1ccc(OCCCN2C(=O)Cc3ccccc3C2=O)cc1. The number of rotatable bonds is 7. The van der Waals surface area contributed by atoms with E-state index in [2.05, 4.69) is 0 Å². The molecule has 6 heteroatoms. The first kappa shape index (κ1) is 18.6. The van der Waals surface area contributed by atoms with Crippen LogP contribution in [0.4, 0.5) is 0 Å². The molecule has 0 spiro atoms. The summed E-state index contributed by atoms with van der Waals surface area (Å²) in [5.41, 5.74) is 1.83. The van der Waals surface area contributed by atoms with Gasteiger partial charge in [-0.15, -0.1) is 0 Å². The molecule has 0 radical (unpaired) electrons. The van der Waals surface area contributed by atoms with Crippen molar-refractivity contribution >= 4 is 17.8 Å². The Balaban J connectivity index is 1.50. The maximum Gasteiger partial charge on any atom is 0.338 e. The van der Waals surface area contributed by atoms with E-state index in [1.807, 2.05) is 12.1 Å². The third-order valence-electron chi connectivity index (χ3n) is 4.30. The van der Waals surface area contributed by atoms with Gasteiger partial charge in [0.15, 0.2) is 0 Å². The van der Waals surface area contributed by atoms with Gasteiger partial charge in [-0.25, -0.2) is 4.79 Å². The van der Waals surface area contributed by atoms with Gasteiger partial charge in [-0.1, -0.05) is 18.2 Å². The van der Waals surface area contributed by atoms with E-state index in [-0.39, 0.29) is 24.2 Å². The molecule has 0 bridgehead atoms. The summed E-state index contributed by atoms with van der Waals surface area (Å²) in [5, 5.41) is 0. The van der Waals surface area contributed by atoms with Crippen molar-refractivity contribution < 1.29 is 23.9 Å². The number of esters is 1. The van der Waals surface area contributed by atoms with E-state index in [9.17, 15) is 14.4 Å². The number of fused-ring (bicyclic) bond motifs is 1. The van der Waals surface area contributed by atoms with Gasteiger partial charge in [-0.05, 0) is 49.2 Å². The second-order valence-electron chi connectivity index (χ2n) is 6.13. The van der Waals surface area contributed by atoms with Crippen molar-refractivity contribution in [3.05, 3.63) is 65.2 Å². The Morgan fingerprint density at radius 1 is 1.07 bits per heavy atom. The number of imide groups is 1. The summed E-state index contributed by atoms with van der Waals surface area (Å²) < 4.78 is 10.6. The molecule has 0 saturated carbocycles. The number of benzene rings is 2. The quantitative estimate of drug-likeness (QED) is 0.427. The second-order valence-corrected chi connectivity index (χ2v) is 6.13. The Hall–Kier alpha value is -3.15. The molecule has 0 saturated heterocycles. The zero-order valence-electron chi connectivity index (χ0n) is 15.1. The molecule has 0 atom stereocenters. The largest absolute Gasteiger partial charge is 0.494 e. The van der Waals surface area contributed by atoms with Crippen LogP contribution in [-0.4, -0.2) is 42.4 Å². The fourth-order valence-electron chi connectivity index (χ4n) is 2.94. The van der Waals surface area contributed by atoms with Crippen LogP contribution in [0.5, 0.6) is 5.75 Å². The first-order valence-corrected chi connectivity index (χ1v) is 8.92. The first-order valence-electron chi connectivity index (χ1n) is 8.92. The van der Waals surface area contributed by atoms with Crippen LogP contribution < -0.4 is 4.74 Å². The van der Waals surface area contributed by atoms with Crippen molar-refractivity contribution in [2.45, 2.75) is 19.8 Å². The van der Waals surface area contributed by atoms with Gasteiger partial charge in [-0.2, -0.15) is 0 Å². The highest BCUT2D eigenvalue weighted by atomic mass is 16.5. The van der Waals surface area contributed by atoms with Crippen LogP contribution in [-0.2, 0) is 16.0 Å². The lowest BCUT2D eigenvalue weighted by Crippen LogP contribution is -2.43. The average molecular weight is 367 g/mol. The van der Waals surface area contributed by atoms with Crippen molar-refractivity contribution in [3.63, 3.8) is 0 Å². The number of hydrogen-bond donors (Lipinski definition) is 0. The summed E-state index contributed by atoms with van der Waals surface area (Å²) in [7, 11) is 0. The molecule has 0 N–H and O–H groups in total. The van der Waals surface area contributed by atoms with E-state index in [1.54, 1.807) is 43.3 Å². The van der Waals surface area contributed by atoms with E-state index in [0.29, 0.717) is 43.1 Å². The molecule has 6 nitrogen and oxygen atoms in total. The fraction of sp³-hybridized carbons (Fsp3) is 0.286. The molecule has 1 aliphatic rings. The topological polar surface area (TPSA) is 72.9 Å². The van der Waals surface area contributed by atoms with Gasteiger partial charge in [-0.3, -0.25) is 14.5 Å². The highest BCUT2D eigenvalue weighted by Crippen LogP contribution is 2.20. The Kier molecular flexibility index (Phi) is 5.86. The Bertz CT molecular complexity index is 844. The summed E-state index contributed by atoms with van der Waals surface area (Å²) in [6, 6.07) is 13.9. The van der Waals surface area contributed by atoms with Gasteiger partial charge in [0.25, 0.3) is 5.91 Å². The molecular formula is C21H21NO5. The predicted molar refractivity (Wildman–Crippen MR) is 98.7 cm³/mol. The van der Waals surface area contributed by atoms with Gasteiger partial charge in [0.2, 0.25) is 5.91 Å². The van der Waals surface area contributed by atoms with Gasteiger partial charge < -0.3 is 9.47 Å². The smallest absolute Gasteiger partial charge is 0.338 e. The zero-order valence-corrected chi connectivity index (χ0v) is 15.1. The van der Waals surface area contributed by atoms with Crippen LogP contribution in [0, 0.1) is 0 Å². The lowest BCUT2D eigenvalue weighted by atomic mass is 9.98. The molecule has 3 rings (SSSR count). The fourth-order valence-corrected chi connectivity index (χ4v) is 2.94. The summed E-state index contributed by atoms with van der Waals surface area (Å²) in [6.07, 6.45) is 0.775. The van der Waals surface area contributed by atoms with E-state index >= 15 is 0 Å². The molecule has 0 fully saturated rings. The van der Waals surface area contributed by atoms with E-state index in [4.69, 9.17) is 9.47 Å². The Morgan fingerprint density at radius 3 is 2.56 bits per heavy atom. The summed E-state index contributed by atoms with van der Waals surface area (Å²) in [6.45, 7) is 2.76. The highest BCUT2D eigenvalue weighted by molar-refractivity contribution is 6.09. The highest BCUT2D eigenvalue weighted by Gasteiger charge is 2.29. The molecule has 2 aromatic rings. The number of carbonyl (C=O) groups is 3. The first-order chi connectivity index (χ1) is 13.1. The molecule has 140 valence electrons. The van der Waals surface area contributed by atoms with E-state index in [1.165, 1.54) is 4.90 Å². The molecule has 0 unspecified atom stereocenters. The second kappa shape index (κ2) is 8.49. The molecule has 1 heterocycles. The molecule has 1 aliphatic heterocycles. The predicted octanol–water partition coefficient (Wildman–Crippen LogP) is 2.86. The summed E-state index contributed by atoms with van der Waals surface area (Å²) in [5.74, 6) is -0.186. The maximum atomic E-state index is 12.5. The summed E-state index contributed by atoms with van der Waals surface area (Å²) >= 11 is 0. The molecular weight excluding hydrogens is 346 g/mol. The maximum absolute atomic E-state index is 12.5. The molecule has 27 heavy (non-hydrogen) atoms. The van der Waals surface area contributed by atoms with Gasteiger partial charge >= 0.3 is 5.97 Å². The molecule has 0 aromatic heterocycles. The Morgan fingerprint density at radius 2 is 1.81 bits per heavy atom. The van der Waals surface area contributed by atoms with Gasteiger partial charge in [0.1, 0.15) is 5.75 Å². The molecule has 0 aliphatic carbocycles. The minimum Gasteiger partial charge on any atom is -0.494 e. The molecule has 2 aromatic carbocycles. The monoisotopic (exact) mass is 367 g/mol. The number of carbonyl (C=O) groups excluding carboxylic acids is 3. The third kappa shape index (κ3) is 4.34. The number of amides is 2. The molecule has 2 amide bonds. The number of ether oxygens (including phenoxy) is 2.